The lowest BCUT2D eigenvalue weighted by Crippen LogP contribution is -2.58. The van der Waals surface area contributed by atoms with Crippen LogP contribution >= 0.6 is 0 Å². The lowest BCUT2D eigenvalue weighted by Gasteiger charge is -2.38. The minimum Gasteiger partial charge on any atom is -0.467 e. The third kappa shape index (κ3) is 4.83. The number of alkyl halides is 3. The summed E-state index contributed by atoms with van der Waals surface area (Å²) in [5, 5.41) is 6.19. The van der Waals surface area contributed by atoms with E-state index >= 15 is 0 Å². The molecule has 4 rings (SSSR count). The molecule has 0 saturated carbocycles. The first-order chi connectivity index (χ1) is 18.0. The number of esters is 1. The van der Waals surface area contributed by atoms with Gasteiger partial charge in [-0.05, 0) is 42.9 Å². The maximum atomic E-state index is 14.1. The number of methoxy groups -OCH3 is 1. The van der Waals surface area contributed by atoms with E-state index in [-0.39, 0.29) is 19.5 Å². The SMILES string of the molecule is COC(=O)[C@H](Cc1cccc2c(-n3c(=O)ccn(C)c3=O)cccc12)NC(=O)C1(C(F)(F)F)CCNCC1. The molecular weight excluding hydrogens is 505 g/mol. The van der Waals surface area contributed by atoms with Crippen LogP contribution in [0.25, 0.3) is 16.5 Å². The quantitative estimate of drug-likeness (QED) is 0.469. The molecule has 1 aliphatic heterocycles. The van der Waals surface area contributed by atoms with Crippen LogP contribution in [0.1, 0.15) is 18.4 Å². The standard InChI is InChI=1S/C26H27F3N4O5/c1-32-14-9-21(34)33(24(32)37)20-8-4-6-17-16(5-3-7-18(17)20)15-19(22(35)38-2)31-23(36)25(26(27,28)29)10-12-30-13-11-25/h3-9,14,19,30H,10-13,15H2,1-2H3,(H,31,36)/t19-/m0/s1. The molecule has 12 heteroatoms. The van der Waals surface area contributed by atoms with Crippen molar-refractivity contribution < 1.29 is 27.5 Å². The van der Waals surface area contributed by atoms with E-state index in [0.717, 1.165) is 11.7 Å². The highest BCUT2D eigenvalue weighted by Crippen LogP contribution is 2.45. The topological polar surface area (TPSA) is 111 Å². The molecule has 0 bridgehead atoms. The molecule has 1 atom stereocenters. The Kier molecular flexibility index (Phi) is 7.45. The third-order valence-electron chi connectivity index (χ3n) is 7.03. The lowest BCUT2D eigenvalue weighted by molar-refractivity contribution is -0.229. The fourth-order valence-corrected chi connectivity index (χ4v) is 4.86. The number of amides is 1. The summed E-state index contributed by atoms with van der Waals surface area (Å²) in [6, 6.07) is 9.76. The molecule has 9 nitrogen and oxygen atoms in total. The number of carbonyl (C=O) groups is 2. The fraction of sp³-hybridized carbons (Fsp3) is 0.385. The zero-order valence-corrected chi connectivity index (χ0v) is 20.8. The van der Waals surface area contributed by atoms with Gasteiger partial charge in [0.1, 0.15) is 11.5 Å². The van der Waals surface area contributed by atoms with Crippen LogP contribution in [0.4, 0.5) is 13.2 Å². The molecule has 0 unspecified atom stereocenters. The van der Waals surface area contributed by atoms with Crippen molar-refractivity contribution in [2.24, 2.45) is 12.5 Å². The van der Waals surface area contributed by atoms with E-state index in [1.807, 2.05) is 0 Å². The molecule has 0 spiro atoms. The number of rotatable bonds is 6. The first-order valence-electron chi connectivity index (χ1n) is 12.0. The maximum absolute atomic E-state index is 14.1. The van der Waals surface area contributed by atoms with E-state index in [1.165, 1.54) is 23.9 Å². The Morgan fingerprint density at radius 3 is 2.39 bits per heavy atom. The van der Waals surface area contributed by atoms with Gasteiger partial charge in [-0.25, -0.2) is 14.2 Å². The second-order valence-electron chi connectivity index (χ2n) is 9.26. The fourth-order valence-electron chi connectivity index (χ4n) is 4.86. The first kappa shape index (κ1) is 27.1. The second kappa shape index (κ2) is 10.4. The number of halogens is 3. The molecule has 38 heavy (non-hydrogen) atoms. The molecule has 0 aliphatic carbocycles. The Labute approximate surface area is 215 Å². The number of aromatic nitrogens is 2. The van der Waals surface area contributed by atoms with E-state index in [2.05, 4.69) is 10.6 Å². The Morgan fingerprint density at radius 2 is 1.74 bits per heavy atom. The zero-order valence-electron chi connectivity index (χ0n) is 20.8. The number of hydrogen-bond acceptors (Lipinski definition) is 6. The van der Waals surface area contributed by atoms with Gasteiger partial charge >= 0.3 is 17.8 Å². The summed E-state index contributed by atoms with van der Waals surface area (Å²) in [6.45, 7) is 0.0283. The lowest BCUT2D eigenvalue weighted by atomic mass is 9.77. The molecule has 0 radical (unpaired) electrons. The van der Waals surface area contributed by atoms with Gasteiger partial charge in [0.05, 0.1) is 12.8 Å². The van der Waals surface area contributed by atoms with Crippen molar-refractivity contribution in [3.05, 3.63) is 75.1 Å². The summed E-state index contributed by atoms with van der Waals surface area (Å²) < 4.78 is 49.2. The Bertz CT molecular complexity index is 1490. The number of piperidine rings is 1. The summed E-state index contributed by atoms with van der Waals surface area (Å²) in [6.07, 6.45) is -4.52. The Hall–Kier alpha value is -3.93. The molecule has 1 aromatic heterocycles. The molecule has 202 valence electrons. The molecule has 2 heterocycles. The summed E-state index contributed by atoms with van der Waals surface area (Å²) in [7, 11) is 2.60. The molecule has 2 aromatic carbocycles. The van der Waals surface area contributed by atoms with Crippen molar-refractivity contribution in [3.63, 3.8) is 0 Å². The van der Waals surface area contributed by atoms with Crippen molar-refractivity contribution in [3.8, 4) is 5.69 Å². The highest BCUT2D eigenvalue weighted by molar-refractivity contribution is 5.94. The van der Waals surface area contributed by atoms with Crippen molar-refractivity contribution in [2.75, 3.05) is 20.2 Å². The summed E-state index contributed by atoms with van der Waals surface area (Å²) >= 11 is 0. The predicted octanol–water partition coefficient (Wildman–Crippen LogP) is 1.82. The van der Waals surface area contributed by atoms with Gasteiger partial charge in [0.2, 0.25) is 5.91 Å². The minimum absolute atomic E-state index is 0.0141. The largest absolute Gasteiger partial charge is 0.467 e. The van der Waals surface area contributed by atoms with E-state index in [0.29, 0.717) is 22.0 Å². The van der Waals surface area contributed by atoms with Crippen molar-refractivity contribution >= 4 is 22.6 Å². The van der Waals surface area contributed by atoms with Crippen LogP contribution in [-0.4, -0.2) is 53.4 Å². The van der Waals surface area contributed by atoms with Crippen LogP contribution in [0.5, 0.6) is 0 Å². The number of fused-ring (bicyclic) bond motifs is 1. The first-order valence-corrected chi connectivity index (χ1v) is 12.0. The summed E-state index contributed by atoms with van der Waals surface area (Å²) in [5.41, 5.74) is -2.91. The molecule has 2 N–H and O–H groups in total. The van der Waals surface area contributed by atoms with Crippen LogP contribution in [0.15, 0.2) is 58.3 Å². The van der Waals surface area contributed by atoms with Gasteiger partial charge < -0.3 is 19.9 Å². The normalized spacial score (nSPS) is 16.1. The van der Waals surface area contributed by atoms with Crippen LogP contribution in [0, 0.1) is 5.41 Å². The molecular formula is C26H27F3N4O5. The van der Waals surface area contributed by atoms with E-state index < -0.39 is 53.6 Å². The average molecular weight is 533 g/mol. The minimum atomic E-state index is -4.80. The summed E-state index contributed by atoms with van der Waals surface area (Å²) in [5.74, 6) is -2.17. The van der Waals surface area contributed by atoms with E-state index in [9.17, 15) is 32.3 Å². The van der Waals surface area contributed by atoms with Crippen LogP contribution in [0.2, 0.25) is 0 Å². The number of benzene rings is 2. The van der Waals surface area contributed by atoms with Crippen LogP contribution in [-0.2, 0) is 27.8 Å². The molecule has 3 aromatic rings. The van der Waals surface area contributed by atoms with Crippen molar-refractivity contribution in [2.45, 2.75) is 31.5 Å². The Balaban J connectivity index is 1.74. The summed E-state index contributed by atoms with van der Waals surface area (Å²) in [4.78, 5) is 51.0. The van der Waals surface area contributed by atoms with Gasteiger partial charge in [-0.3, -0.25) is 9.59 Å². The average Bonchev–Trinajstić information content (AvgIpc) is 2.90. The number of hydrogen-bond donors (Lipinski definition) is 2. The van der Waals surface area contributed by atoms with Crippen molar-refractivity contribution in [1.82, 2.24) is 19.8 Å². The molecule has 1 aliphatic rings. The monoisotopic (exact) mass is 532 g/mol. The Morgan fingerprint density at radius 1 is 1.08 bits per heavy atom. The number of nitrogens with zero attached hydrogens (tertiary/aromatic N) is 2. The van der Waals surface area contributed by atoms with Gasteiger partial charge in [0.15, 0.2) is 0 Å². The molecule has 1 saturated heterocycles. The van der Waals surface area contributed by atoms with Gasteiger partial charge in [0.25, 0.3) is 5.56 Å². The van der Waals surface area contributed by atoms with Crippen LogP contribution in [0.3, 0.4) is 0 Å². The number of ether oxygens (including phenoxy) is 1. The number of nitrogens with one attached hydrogen (secondary N) is 2. The highest BCUT2D eigenvalue weighted by Gasteiger charge is 2.60. The molecule has 1 fully saturated rings. The highest BCUT2D eigenvalue weighted by atomic mass is 19.4. The van der Waals surface area contributed by atoms with E-state index in [4.69, 9.17) is 4.74 Å². The van der Waals surface area contributed by atoms with Crippen molar-refractivity contribution in [1.29, 1.82) is 0 Å². The smallest absolute Gasteiger partial charge is 0.403 e. The number of aryl methyl sites for hydroxylation is 1. The van der Waals surface area contributed by atoms with E-state index in [1.54, 1.807) is 36.4 Å². The third-order valence-corrected chi connectivity index (χ3v) is 7.03. The zero-order chi connectivity index (χ0) is 27.7. The number of carbonyl (C=O) groups excluding carboxylic acids is 2. The van der Waals surface area contributed by atoms with Gasteiger partial charge in [-0.15, -0.1) is 0 Å². The van der Waals surface area contributed by atoms with Gasteiger partial charge in [0, 0.05) is 31.1 Å². The van der Waals surface area contributed by atoms with Gasteiger partial charge in [-0.1, -0.05) is 30.3 Å². The second-order valence-corrected chi connectivity index (χ2v) is 9.26. The van der Waals surface area contributed by atoms with Crippen LogP contribution < -0.4 is 21.9 Å². The predicted molar refractivity (Wildman–Crippen MR) is 133 cm³/mol. The van der Waals surface area contributed by atoms with Gasteiger partial charge in [-0.2, -0.15) is 13.2 Å². The maximum Gasteiger partial charge on any atom is 0.403 e. The molecule has 1 amide bonds.